The van der Waals surface area contributed by atoms with Crippen molar-refractivity contribution in [3.63, 3.8) is 0 Å². The lowest BCUT2D eigenvalue weighted by atomic mass is 10.1. The van der Waals surface area contributed by atoms with E-state index in [-0.39, 0.29) is 17.6 Å². The molecular formula is C19H21ClN2O3S. The predicted molar refractivity (Wildman–Crippen MR) is 107 cm³/mol. The summed E-state index contributed by atoms with van der Waals surface area (Å²) >= 11 is 7.58. The highest BCUT2D eigenvalue weighted by molar-refractivity contribution is 7.99. The molecule has 0 aliphatic carbocycles. The average Bonchev–Trinajstić information content (AvgIpc) is 2.64. The number of hydrogen-bond donors (Lipinski definition) is 2. The maximum absolute atomic E-state index is 12.2. The summed E-state index contributed by atoms with van der Waals surface area (Å²) in [7, 11) is 1.57. The molecule has 2 amide bonds. The van der Waals surface area contributed by atoms with Crippen LogP contribution in [0.3, 0.4) is 0 Å². The minimum absolute atomic E-state index is 0.167. The normalized spacial score (nSPS) is 10.4. The first-order valence-electron chi connectivity index (χ1n) is 8.09. The summed E-state index contributed by atoms with van der Waals surface area (Å²) in [5, 5.41) is 6.24. The summed E-state index contributed by atoms with van der Waals surface area (Å²) < 4.78 is 4.92. The second-order valence-electron chi connectivity index (χ2n) is 5.43. The van der Waals surface area contributed by atoms with Gasteiger partial charge in [-0.05, 0) is 23.8 Å². The fourth-order valence-corrected chi connectivity index (χ4v) is 3.32. The Kier molecular flexibility index (Phi) is 8.47. The molecular weight excluding hydrogens is 372 g/mol. The number of ether oxygens (including phenoxy) is 1. The second kappa shape index (κ2) is 10.9. The molecule has 0 radical (unpaired) electrons. The molecule has 0 spiro atoms. The number of hydrogen-bond acceptors (Lipinski definition) is 4. The molecule has 26 heavy (non-hydrogen) atoms. The molecule has 138 valence electrons. The quantitative estimate of drug-likeness (QED) is 0.640. The van der Waals surface area contributed by atoms with Gasteiger partial charge >= 0.3 is 0 Å². The van der Waals surface area contributed by atoms with Gasteiger partial charge in [0, 0.05) is 24.4 Å². The Bertz CT molecular complexity index is 755. The first kappa shape index (κ1) is 20.3. The van der Waals surface area contributed by atoms with E-state index in [0.717, 1.165) is 5.56 Å². The third-order valence-electron chi connectivity index (χ3n) is 3.49. The lowest BCUT2D eigenvalue weighted by Crippen LogP contribution is -2.28. The van der Waals surface area contributed by atoms with E-state index < -0.39 is 0 Å². The van der Waals surface area contributed by atoms with E-state index in [2.05, 4.69) is 10.6 Å². The monoisotopic (exact) mass is 392 g/mol. The van der Waals surface area contributed by atoms with Gasteiger partial charge in [0.25, 0.3) is 5.91 Å². The number of methoxy groups -OCH3 is 1. The highest BCUT2D eigenvalue weighted by atomic mass is 35.5. The molecule has 0 saturated heterocycles. The maximum atomic E-state index is 12.2. The number of nitrogens with one attached hydrogen (secondary N) is 2. The minimum atomic E-state index is -0.248. The summed E-state index contributed by atoms with van der Waals surface area (Å²) in [4.78, 5) is 24.4. The van der Waals surface area contributed by atoms with E-state index in [4.69, 9.17) is 16.3 Å². The molecule has 7 heteroatoms. The van der Waals surface area contributed by atoms with Gasteiger partial charge in [0.1, 0.15) is 0 Å². The molecule has 2 aromatic rings. The van der Waals surface area contributed by atoms with Crippen LogP contribution in [0.4, 0.5) is 5.69 Å². The van der Waals surface area contributed by atoms with Gasteiger partial charge in [-0.2, -0.15) is 0 Å². The van der Waals surface area contributed by atoms with Gasteiger partial charge in [0.05, 0.1) is 23.6 Å². The van der Waals surface area contributed by atoms with Gasteiger partial charge in [-0.1, -0.05) is 41.9 Å². The molecule has 0 atom stereocenters. The minimum Gasteiger partial charge on any atom is -0.383 e. The van der Waals surface area contributed by atoms with Crippen LogP contribution in [0.5, 0.6) is 0 Å². The molecule has 0 heterocycles. The number of anilines is 1. The van der Waals surface area contributed by atoms with Crippen molar-refractivity contribution in [1.29, 1.82) is 0 Å². The molecule has 2 rings (SSSR count). The molecule has 0 aliphatic heterocycles. The molecule has 0 aliphatic rings. The first-order valence-corrected chi connectivity index (χ1v) is 9.62. The van der Waals surface area contributed by atoms with E-state index in [1.165, 1.54) is 11.8 Å². The zero-order chi connectivity index (χ0) is 18.8. The molecule has 2 N–H and O–H groups in total. The van der Waals surface area contributed by atoms with Crippen LogP contribution in [0.1, 0.15) is 15.9 Å². The number of rotatable bonds is 9. The van der Waals surface area contributed by atoms with Gasteiger partial charge in [0.2, 0.25) is 5.91 Å². The van der Waals surface area contributed by atoms with Gasteiger partial charge in [-0.15, -0.1) is 11.8 Å². The van der Waals surface area contributed by atoms with Crippen LogP contribution < -0.4 is 10.6 Å². The first-order chi connectivity index (χ1) is 12.6. The van der Waals surface area contributed by atoms with Crippen molar-refractivity contribution < 1.29 is 14.3 Å². The van der Waals surface area contributed by atoms with Crippen LogP contribution in [-0.4, -0.2) is 37.8 Å². The van der Waals surface area contributed by atoms with Gasteiger partial charge < -0.3 is 15.4 Å². The maximum Gasteiger partial charge on any atom is 0.253 e. The summed E-state index contributed by atoms with van der Waals surface area (Å²) in [6, 6.07) is 14.5. The Labute approximate surface area is 162 Å². The predicted octanol–water partition coefficient (Wildman–Crippen LogP) is 3.59. The van der Waals surface area contributed by atoms with Gasteiger partial charge in [-0.25, -0.2) is 0 Å². The van der Waals surface area contributed by atoms with Crippen molar-refractivity contribution in [1.82, 2.24) is 5.32 Å². The van der Waals surface area contributed by atoms with Gasteiger partial charge in [-0.3, -0.25) is 9.59 Å². The summed E-state index contributed by atoms with van der Waals surface area (Å²) in [5.74, 6) is 0.498. The zero-order valence-electron chi connectivity index (χ0n) is 14.5. The Hall–Kier alpha value is -2.02. The number of benzene rings is 2. The van der Waals surface area contributed by atoms with E-state index in [1.807, 2.05) is 24.3 Å². The van der Waals surface area contributed by atoms with Crippen molar-refractivity contribution >= 4 is 40.9 Å². The summed E-state index contributed by atoms with van der Waals surface area (Å²) in [5.41, 5.74) is 1.91. The van der Waals surface area contributed by atoms with Crippen LogP contribution in [0, 0.1) is 0 Å². The van der Waals surface area contributed by atoms with Gasteiger partial charge in [0.15, 0.2) is 0 Å². The van der Waals surface area contributed by atoms with Crippen molar-refractivity contribution in [2.75, 3.05) is 31.3 Å². The number of para-hydroxylation sites is 1. The summed E-state index contributed by atoms with van der Waals surface area (Å²) in [6.07, 6.45) is 0. The number of thioether (sulfide) groups is 1. The van der Waals surface area contributed by atoms with Crippen LogP contribution in [0.15, 0.2) is 48.5 Å². The van der Waals surface area contributed by atoms with E-state index >= 15 is 0 Å². The lowest BCUT2D eigenvalue weighted by molar-refractivity contribution is -0.113. The smallest absolute Gasteiger partial charge is 0.253 e. The Morgan fingerprint density at radius 2 is 1.85 bits per heavy atom. The van der Waals surface area contributed by atoms with E-state index in [9.17, 15) is 9.59 Å². The second-order valence-corrected chi connectivity index (χ2v) is 6.82. The highest BCUT2D eigenvalue weighted by Gasteiger charge is 2.13. The van der Waals surface area contributed by atoms with E-state index in [1.54, 1.807) is 31.4 Å². The molecule has 0 unspecified atom stereocenters. The average molecular weight is 393 g/mol. The van der Waals surface area contributed by atoms with Crippen LogP contribution in [0.2, 0.25) is 5.02 Å². The fourth-order valence-electron chi connectivity index (χ4n) is 2.21. The summed E-state index contributed by atoms with van der Waals surface area (Å²) in [6.45, 7) is 0.838. The van der Waals surface area contributed by atoms with Crippen LogP contribution in [-0.2, 0) is 15.3 Å². The SMILES string of the molecule is COCCNC(=O)c1ccccc1NC(=O)CSCc1ccccc1Cl. The number of halogens is 1. The lowest BCUT2D eigenvalue weighted by Gasteiger charge is -2.11. The Morgan fingerprint density at radius 3 is 2.62 bits per heavy atom. The third-order valence-corrected chi connectivity index (χ3v) is 4.84. The molecule has 0 saturated carbocycles. The standard InChI is InChI=1S/C19H21ClN2O3S/c1-25-11-10-21-19(24)15-7-3-5-9-17(15)22-18(23)13-26-12-14-6-2-4-8-16(14)20/h2-9H,10-13H2,1H3,(H,21,24)(H,22,23). The fraction of sp³-hybridized carbons (Fsp3) is 0.263. The molecule has 5 nitrogen and oxygen atoms in total. The van der Waals surface area contributed by atoms with Crippen molar-refractivity contribution in [2.24, 2.45) is 0 Å². The topological polar surface area (TPSA) is 67.4 Å². The highest BCUT2D eigenvalue weighted by Crippen LogP contribution is 2.21. The Balaban J connectivity index is 1.88. The number of amides is 2. The molecule has 0 aromatic heterocycles. The third kappa shape index (κ3) is 6.37. The van der Waals surface area contributed by atoms with Crippen molar-refractivity contribution in [3.05, 3.63) is 64.7 Å². The number of carbonyl (C=O) groups is 2. The van der Waals surface area contributed by atoms with Crippen molar-refractivity contribution in [2.45, 2.75) is 5.75 Å². The zero-order valence-corrected chi connectivity index (χ0v) is 16.0. The van der Waals surface area contributed by atoms with Crippen LogP contribution in [0.25, 0.3) is 0 Å². The van der Waals surface area contributed by atoms with Crippen molar-refractivity contribution in [3.8, 4) is 0 Å². The number of carbonyl (C=O) groups excluding carboxylic acids is 2. The molecule has 0 fully saturated rings. The van der Waals surface area contributed by atoms with Crippen LogP contribution >= 0.6 is 23.4 Å². The molecule has 2 aromatic carbocycles. The largest absolute Gasteiger partial charge is 0.383 e. The Morgan fingerprint density at radius 1 is 1.12 bits per heavy atom. The van der Waals surface area contributed by atoms with E-state index in [0.29, 0.717) is 35.2 Å². The molecule has 0 bridgehead atoms.